The number of aromatic hydroxyl groups is 1. The number of hydrogen-bond donors (Lipinski definition) is 3. The van der Waals surface area contributed by atoms with Gasteiger partial charge < -0.3 is 20.8 Å². The highest BCUT2D eigenvalue weighted by Crippen LogP contribution is 2.41. The van der Waals surface area contributed by atoms with Gasteiger partial charge in [0.25, 0.3) is 0 Å². The molecule has 0 amide bonds. The van der Waals surface area contributed by atoms with Gasteiger partial charge in [-0.15, -0.1) is 3.71 Å². The predicted octanol–water partition coefficient (Wildman–Crippen LogP) is 10.7. The minimum Gasteiger partial charge on any atom is -0.506 e. The van der Waals surface area contributed by atoms with E-state index in [0.29, 0.717) is 56.8 Å². The number of para-hydroxylation sites is 1. The van der Waals surface area contributed by atoms with Gasteiger partial charge in [0, 0.05) is 34.9 Å². The van der Waals surface area contributed by atoms with Crippen LogP contribution >= 0.6 is 0 Å². The number of Topliss-reactive ketones (excluding diaryl/α,β-unsaturated/α-hetero) is 2. The molecule has 0 atom stereocenters. The Bertz CT molecular complexity index is 4150. The second kappa shape index (κ2) is 26.9. The second-order valence-corrected chi connectivity index (χ2v) is 21.9. The lowest BCUT2D eigenvalue weighted by molar-refractivity contribution is -0.0501. The average Bonchev–Trinajstić information content (AvgIpc) is 0.990. The molecule has 19 nitrogen and oxygen atoms in total. The van der Waals surface area contributed by atoms with Crippen LogP contribution < -0.4 is 19.4 Å². The van der Waals surface area contributed by atoms with Crippen LogP contribution in [-0.4, -0.2) is 95.5 Å². The monoisotopic (exact) mass is 1250 g/mol. The SMILES string of the molecule is C.Nc1ncnc2c(O)ccc(-c3ccc(C(=O)Cc4ccccn4)cc3)c12.Nc1ncnc2c(OS(=O)(=O)C(F)(F)F)ccc(-c3ccc(C(=O)Cc4ccccn4)cc3)c12.O=S(=O)(N(c1ccccc1)S(=O)(=O)C(F)(F)F)C(F)(F)F.[2H]CF. The number of phenolic OH excluding ortho intramolecular Hbond substituents is 1. The van der Waals surface area contributed by atoms with Gasteiger partial charge in [-0.05, 0) is 82.9 Å². The highest BCUT2D eigenvalue weighted by atomic mass is 32.3. The van der Waals surface area contributed by atoms with Crippen molar-refractivity contribution >= 4 is 80.9 Å². The standard InChI is InChI=1S/C22H15F3N4O4S.C21H16N4O2.C8H5F6NO4S2.CH3F.CH4/c23-22(24,25)34(31,32)33-18-9-8-16(19-20(18)28-12-29-21(19)26)13-4-6-14(7-5-13)17(30)11-15-3-1-2-10-27-15;22-21-19-16(8-9-17(26)20(19)24-12-25-21)13-4-6-14(7-5-13)18(27)11-15-3-1-2-10-23-15;9-7(10,11)20(16,17)15(6-4-2-1-3-5-6)21(18,19)8(12,13)14;1-2;/h1-10,12H,11H2,(H2,26,28,29);1-10,12,26H,11H2,(H2,22,24,25);1-5H;1H3;1H4/i;;;1D;. The number of nitrogens with two attached hydrogens (primary N) is 2. The molecule has 32 heteroatoms. The summed E-state index contributed by atoms with van der Waals surface area (Å²) in [5.74, 6) is -0.554. The van der Waals surface area contributed by atoms with Crippen molar-refractivity contribution in [3.05, 3.63) is 187 Å². The van der Waals surface area contributed by atoms with Gasteiger partial charge in [0.05, 0.1) is 37.8 Å². The molecule has 0 saturated carbocycles. The van der Waals surface area contributed by atoms with Crippen molar-refractivity contribution in [2.24, 2.45) is 0 Å². The topological polar surface area (TPSA) is 299 Å². The Balaban J connectivity index is 0.000000235. The van der Waals surface area contributed by atoms with Crippen LogP contribution in [0.5, 0.6) is 11.5 Å². The van der Waals surface area contributed by atoms with E-state index in [4.69, 9.17) is 12.8 Å². The second-order valence-electron chi connectivity index (χ2n) is 16.6. The van der Waals surface area contributed by atoms with Gasteiger partial charge in [0.1, 0.15) is 41.1 Å². The Hall–Kier alpha value is -9.43. The molecule has 5 aromatic carbocycles. The first-order chi connectivity index (χ1) is 39.8. The molecule has 4 heterocycles. The minimum atomic E-state index is -6.81. The first-order valence-corrected chi connectivity index (χ1v) is 27.3. The molecule has 4 aromatic heterocycles. The van der Waals surface area contributed by atoms with Crippen molar-refractivity contribution in [2.75, 3.05) is 22.3 Å². The smallest absolute Gasteiger partial charge is 0.506 e. The fourth-order valence-electron chi connectivity index (χ4n) is 7.42. The number of anilines is 3. The van der Waals surface area contributed by atoms with Crippen molar-refractivity contribution in [1.29, 1.82) is 0 Å². The number of pyridine rings is 2. The maximum Gasteiger partial charge on any atom is 0.534 e. The third-order valence-electron chi connectivity index (χ3n) is 11.2. The molecule has 448 valence electrons. The summed E-state index contributed by atoms with van der Waals surface area (Å²) in [6, 6.07) is 34.0. The van der Waals surface area contributed by atoms with Crippen molar-refractivity contribution < 1.29 is 89.4 Å². The Morgan fingerprint density at radius 1 is 0.541 bits per heavy atom. The maximum atomic E-state index is 12.8. The number of nitrogens with zero attached hydrogens (tertiary/aromatic N) is 7. The van der Waals surface area contributed by atoms with E-state index in [1.807, 2.05) is 30.3 Å². The highest BCUT2D eigenvalue weighted by Gasteiger charge is 2.61. The van der Waals surface area contributed by atoms with Gasteiger partial charge in [-0.2, -0.15) is 64.8 Å². The number of nitrogen functional groups attached to an aromatic ring is 2. The van der Waals surface area contributed by atoms with Gasteiger partial charge in [-0.25, -0.2) is 19.9 Å². The molecule has 0 aliphatic rings. The molecule has 0 fully saturated rings. The van der Waals surface area contributed by atoms with Crippen molar-refractivity contribution in [2.45, 2.75) is 36.8 Å². The number of sulfonamides is 2. The van der Waals surface area contributed by atoms with E-state index in [9.17, 15) is 83.9 Å². The van der Waals surface area contributed by atoms with E-state index in [-0.39, 0.29) is 54.3 Å². The molecule has 0 aliphatic heterocycles. The normalized spacial score (nSPS) is 11.9. The fraction of sp³-hybridized carbons (Fsp3) is 0.132. The molecule has 0 bridgehead atoms. The van der Waals surface area contributed by atoms with Crippen molar-refractivity contribution in [3.63, 3.8) is 0 Å². The number of alkyl halides is 10. The van der Waals surface area contributed by atoms with Crippen LogP contribution in [0.2, 0.25) is 0 Å². The average molecular weight is 1250 g/mol. The van der Waals surface area contributed by atoms with E-state index in [0.717, 1.165) is 47.4 Å². The van der Waals surface area contributed by atoms with Gasteiger partial charge in [-0.1, -0.05) is 86.3 Å². The summed E-state index contributed by atoms with van der Waals surface area (Å²) in [7, 11) is -20.5. The van der Waals surface area contributed by atoms with Gasteiger partial charge in [-0.3, -0.25) is 23.9 Å². The van der Waals surface area contributed by atoms with Crippen LogP contribution in [0.3, 0.4) is 0 Å². The molecule has 0 radical (unpaired) electrons. The number of carbonyl (C=O) groups excluding carboxylic acids is 2. The first-order valence-electron chi connectivity index (χ1n) is 23.7. The Morgan fingerprint density at radius 2 is 0.941 bits per heavy atom. The predicted molar refractivity (Wildman–Crippen MR) is 293 cm³/mol. The molecular formula is C53H43F10N9O10S3. The largest absolute Gasteiger partial charge is 0.534 e. The number of benzene rings is 5. The van der Waals surface area contributed by atoms with E-state index in [2.05, 4.69) is 34.1 Å². The zero-order valence-corrected chi connectivity index (χ0v) is 44.6. The number of halogens is 10. The zero-order valence-electron chi connectivity index (χ0n) is 43.1. The number of rotatable bonds is 13. The number of carbonyl (C=O) groups is 2. The highest BCUT2D eigenvalue weighted by molar-refractivity contribution is 8.11. The third kappa shape index (κ3) is 15.2. The summed E-state index contributed by atoms with van der Waals surface area (Å²) < 4.78 is 199. The van der Waals surface area contributed by atoms with Gasteiger partial charge in [0.15, 0.2) is 17.3 Å². The molecule has 0 saturated heterocycles. The molecule has 85 heavy (non-hydrogen) atoms. The van der Waals surface area contributed by atoms with Crippen molar-refractivity contribution in [3.8, 4) is 33.8 Å². The fourth-order valence-corrected chi connectivity index (χ4v) is 10.6. The zero-order chi connectivity index (χ0) is 62.7. The maximum absolute atomic E-state index is 12.8. The number of aromatic nitrogens is 6. The summed E-state index contributed by atoms with van der Waals surface area (Å²) in [6.45, 7) is 0. The van der Waals surface area contributed by atoms with E-state index in [1.165, 1.54) is 12.4 Å². The van der Waals surface area contributed by atoms with Crippen LogP contribution in [0.4, 0.5) is 61.2 Å². The first kappa shape index (κ1) is 64.7. The number of phenols is 1. The van der Waals surface area contributed by atoms with Crippen molar-refractivity contribution in [1.82, 2.24) is 29.9 Å². The quantitative estimate of drug-likeness (QED) is 0.0418. The minimum absolute atomic E-state index is 0. The van der Waals surface area contributed by atoms with Crippen LogP contribution in [0, 0.1) is 0 Å². The van der Waals surface area contributed by atoms with Crippen LogP contribution in [-0.2, 0) is 43.0 Å². The molecule has 5 N–H and O–H groups in total. The third-order valence-corrected chi connectivity index (χ3v) is 15.8. The molecule has 0 spiro atoms. The van der Waals surface area contributed by atoms with Gasteiger partial charge in [0.2, 0.25) is 0 Å². The van der Waals surface area contributed by atoms with E-state index < -0.39 is 69.0 Å². The Labute approximate surface area is 478 Å². The lowest BCUT2D eigenvalue weighted by atomic mass is 9.97. The summed E-state index contributed by atoms with van der Waals surface area (Å²) in [5, 5.41) is 10.7. The molecule has 9 aromatic rings. The number of hydrogen-bond acceptors (Lipinski definition) is 18. The Kier molecular flexibility index (Phi) is 20.5. The summed E-state index contributed by atoms with van der Waals surface area (Å²) in [4.78, 5) is 49.2. The molecule has 9 rings (SSSR count). The summed E-state index contributed by atoms with van der Waals surface area (Å²) in [6.07, 6.45) is 5.94. The van der Waals surface area contributed by atoms with E-state index in [1.54, 1.807) is 79.1 Å². The molecule has 0 aliphatic carbocycles. The number of fused-ring (bicyclic) bond motifs is 2. The number of ketones is 2. The van der Waals surface area contributed by atoms with Crippen LogP contribution in [0.25, 0.3) is 44.1 Å². The van der Waals surface area contributed by atoms with Crippen LogP contribution in [0.1, 0.15) is 40.9 Å². The van der Waals surface area contributed by atoms with E-state index >= 15 is 0 Å². The lowest BCUT2D eigenvalue weighted by Crippen LogP contribution is -2.49. The summed E-state index contributed by atoms with van der Waals surface area (Å²) in [5.41, 5.74) is -2.27. The van der Waals surface area contributed by atoms with Crippen LogP contribution in [0.15, 0.2) is 165 Å². The Morgan fingerprint density at radius 3 is 1.34 bits per heavy atom. The van der Waals surface area contributed by atoms with Gasteiger partial charge >= 0.3 is 46.7 Å². The molecule has 0 unspecified atom stereocenters. The summed E-state index contributed by atoms with van der Waals surface area (Å²) >= 11 is 0. The molecular weight excluding hydrogens is 1210 g/mol. The lowest BCUT2D eigenvalue weighted by Gasteiger charge is -2.25.